The molecule has 1 atom stereocenters. The fourth-order valence-electron chi connectivity index (χ4n) is 3.89. The Balaban J connectivity index is 1.51. The number of benzene rings is 2. The quantitative estimate of drug-likeness (QED) is 0.697. The molecule has 2 aromatic carbocycles. The van der Waals surface area contributed by atoms with E-state index in [-0.39, 0.29) is 5.91 Å². The largest absolute Gasteiger partial charge is 0.354 e. The minimum atomic E-state index is -0.796. The maximum atomic E-state index is 13.0. The van der Waals surface area contributed by atoms with Crippen molar-refractivity contribution >= 4 is 23.0 Å². The highest BCUT2D eigenvalue weighted by Crippen LogP contribution is 2.23. The Kier molecular flexibility index (Phi) is 5.84. The van der Waals surface area contributed by atoms with E-state index in [0.717, 1.165) is 18.4 Å². The first-order valence-electron chi connectivity index (χ1n) is 10.2. The van der Waals surface area contributed by atoms with Gasteiger partial charge >= 0.3 is 6.03 Å². The lowest BCUT2D eigenvalue weighted by Crippen LogP contribution is -2.43. The van der Waals surface area contributed by atoms with Gasteiger partial charge in [0.1, 0.15) is 11.6 Å². The van der Waals surface area contributed by atoms with Crippen LogP contribution >= 0.6 is 0 Å². The van der Waals surface area contributed by atoms with Gasteiger partial charge in [-0.3, -0.25) is 4.79 Å². The van der Waals surface area contributed by atoms with Gasteiger partial charge in [0.05, 0.1) is 5.52 Å². The highest BCUT2D eigenvalue weighted by Gasteiger charge is 2.25. The Bertz CT molecular complexity index is 979. The molecule has 2 N–H and O–H groups in total. The molecule has 1 aliphatic rings. The third kappa shape index (κ3) is 4.45. The average Bonchev–Trinajstić information content (AvgIpc) is 3.21. The van der Waals surface area contributed by atoms with Crippen LogP contribution in [0.3, 0.4) is 0 Å². The van der Waals surface area contributed by atoms with E-state index in [4.69, 9.17) is 0 Å². The number of nitrogens with one attached hydrogen (secondary N) is 2. The molecule has 1 aliphatic carbocycles. The lowest BCUT2D eigenvalue weighted by atomic mass is 9.89. The summed E-state index contributed by atoms with van der Waals surface area (Å²) in [5.41, 5.74) is 1.95. The molecule has 0 saturated heterocycles. The fourth-order valence-corrected chi connectivity index (χ4v) is 3.89. The van der Waals surface area contributed by atoms with Gasteiger partial charge in [0, 0.05) is 6.54 Å². The number of rotatable bonds is 5. The summed E-state index contributed by atoms with van der Waals surface area (Å²) in [5.74, 6) is 0.304. The summed E-state index contributed by atoms with van der Waals surface area (Å²) in [6.07, 6.45) is 6.01. The highest BCUT2D eigenvalue weighted by molar-refractivity contribution is 5.92. The third-order valence-electron chi connectivity index (χ3n) is 5.50. The zero-order valence-electron chi connectivity index (χ0n) is 16.3. The summed E-state index contributed by atoms with van der Waals surface area (Å²) in [6.45, 7) is 0.643. The van der Waals surface area contributed by atoms with Gasteiger partial charge in [-0.15, -0.1) is 5.10 Å². The third-order valence-corrected chi connectivity index (χ3v) is 5.50. The summed E-state index contributed by atoms with van der Waals surface area (Å²) < 4.78 is 1.19. The minimum absolute atomic E-state index is 0.209. The van der Waals surface area contributed by atoms with Crippen molar-refractivity contribution < 1.29 is 9.59 Å². The molecule has 0 bridgehead atoms. The second-order valence-corrected chi connectivity index (χ2v) is 7.53. The van der Waals surface area contributed by atoms with E-state index in [1.807, 2.05) is 42.5 Å². The number of carbonyl (C=O) groups excluding carboxylic acids is 2. The molecule has 4 rings (SSSR count). The zero-order valence-corrected chi connectivity index (χ0v) is 16.3. The predicted molar refractivity (Wildman–Crippen MR) is 110 cm³/mol. The van der Waals surface area contributed by atoms with Crippen LogP contribution in [0.5, 0.6) is 0 Å². The van der Waals surface area contributed by atoms with Crippen LogP contribution in [0.25, 0.3) is 11.0 Å². The molecule has 1 heterocycles. The molecule has 7 heteroatoms. The summed E-state index contributed by atoms with van der Waals surface area (Å²) in [6, 6.07) is 15.2. The maximum Gasteiger partial charge on any atom is 0.345 e. The van der Waals surface area contributed by atoms with Crippen molar-refractivity contribution in [3.63, 3.8) is 0 Å². The topological polar surface area (TPSA) is 88.9 Å². The first kappa shape index (κ1) is 19.1. The van der Waals surface area contributed by atoms with E-state index >= 15 is 0 Å². The Morgan fingerprint density at radius 1 is 1.00 bits per heavy atom. The molecule has 0 aliphatic heterocycles. The molecule has 1 saturated carbocycles. The summed E-state index contributed by atoms with van der Waals surface area (Å²) in [5, 5.41) is 13.8. The van der Waals surface area contributed by atoms with Gasteiger partial charge in [-0.2, -0.15) is 4.68 Å². The molecular weight excluding hydrogens is 366 g/mol. The first-order chi connectivity index (χ1) is 14.2. The first-order valence-corrected chi connectivity index (χ1v) is 10.2. The summed E-state index contributed by atoms with van der Waals surface area (Å²) >= 11 is 0. The molecule has 2 amide bonds. The standard InChI is InChI=1S/C22H25N5O2/c28-21(23-15-16-9-3-1-4-10-16)20(17-11-5-2-6-12-17)24-22(29)27-19-14-8-7-13-18(19)25-26-27/h2,5-8,11-14,16,20H,1,3-4,9-10,15H2,(H,23,28)(H,24,29). The molecular formula is C22H25N5O2. The fraction of sp³-hybridized carbons (Fsp3) is 0.364. The van der Waals surface area contributed by atoms with Gasteiger partial charge < -0.3 is 10.6 Å². The molecule has 150 valence electrons. The number of para-hydroxylation sites is 1. The molecule has 7 nitrogen and oxygen atoms in total. The number of amides is 2. The van der Waals surface area contributed by atoms with Crippen molar-refractivity contribution in [1.82, 2.24) is 25.6 Å². The monoisotopic (exact) mass is 391 g/mol. The predicted octanol–water partition coefficient (Wildman–Crippen LogP) is 3.43. The van der Waals surface area contributed by atoms with Crippen molar-refractivity contribution in [3.8, 4) is 0 Å². The number of fused-ring (bicyclic) bond motifs is 1. The Hall–Kier alpha value is -3.22. The molecule has 1 unspecified atom stereocenters. The second kappa shape index (κ2) is 8.86. The van der Waals surface area contributed by atoms with Gasteiger partial charge in [-0.05, 0) is 36.5 Å². The van der Waals surface area contributed by atoms with Gasteiger partial charge in [0.2, 0.25) is 5.91 Å². The van der Waals surface area contributed by atoms with Crippen molar-refractivity contribution in [2.45, 2.75) is 38.1 Å². The smallest absolute Gasteiger partial charge is 0.345 e. The van der Waals surface area contributed by atoms with Crippen LogP contribution in [-0.2, 0) is 4.79 Å². The van der Waals surface area contributed by atoms with Crippen LogP contribution < -0.4 is 10.6 Å². The van der Waals surface area contributed by atoms with E-state index < -0.39 is 12.1 Å². The van der Waals surface area contributed by atoms with E-state index in [2.05, 4.69) is 20.9 Å². The van der Waals surface area contributed by atoms with Gasteiger partial charge in [0.25, 0.3) is 0 Å². The van der Waals surface area contributed by atoms with Crippen LogP contribution in [-0.4, -0.2) is 33.5 Å². The van der Waals surface area contributed by atoms with Gasteiger partial charge in [0.15, 0.2) is 0 Å². The SMILES string of the molecule is O=C(NCC1CCCCC1)C(NC(=O)n1nnc2ccccc21)c1ccccc1. The van der Waals surface area contributed by atoms with Crippen LogP contribution in [0.4, 0.5) is 4.79 Å². The van der Waals surface area contributed by atoms with Crippen molar-refractivity contribution in [2.75, 3.05) is 6.54 Å². The Morgan fingerprint density at radius 3 is 2.52 bits per heavy atom. The number of hydrogen-bond donors (Lipinski definition) is 2. The molecule has 29 heavy (non-hydrogen) atoms. The molecule has 1 aromatic heterocycles. The summed E-state index contributed by atoms with van der Waals surface area (Å²) in [4.78, 5) is 25.9. The van der Waals surface area contributed by atoms with E-state index in [1.165, 1.54) is 23.9 Å². The lowest BCUT2D eigenvalue weighted by Gasteiger charge is -2.24. The molecule has 0 radical (unpaired) electrons. The number of carbonyl (C=O) groups is 2. The number of hydrogen-bond acceptors (Lipinski definition) is 4. The molecule has 3 aromatic rings. The second-order valence-electron chi connectivity index (χ2n) is 7.53. The summed E-state index contributed by atoms with van der Waals surface area (Å²) in [7, 11) is 0. The van der Waals surface area contributed by atoms with Crippen molar-refractivity contribution in [1.29, 1.82) is 0 Å². The van der Waals surface area contributed by atoms with Crippen LogP contribution in [0.15, 0.2) is 54.6 Å². The van der Waals surface area contributed by atoms with Crippen LogP contribution in [0, 0.1) is 5.92 Å². The van der Waals surface area contributed by atoms with E-state index in [0.29, 0.717) is 23.5 Å². The van der Waals surface area contributed by atoms with Gasteiger partial charge in [-0.25, -0.2) is 4.79 Å². The minimum Gasteiger partial charge on any atom is -0.354 e. The Labute approximate surface area is 169 Å². The maximum absolute atomic E-state index is 13.0. The van der Waals surface area contributed by atoms with Crippen LogP contribution in [0.1, 0.15) is 43.7 Å². The van der Waals surface area contributed by atoms with Gasteiger partial charge in [-0.1, -0.05) is 66.9 Å². The Morgan fingerprint density at radius 2 is 1.72 bits per heavy atom. The number of aromatic nitrogens is 3. The number of nitrogens with zero attached hydrogens (tertiary/aromatic N) is 3. The highest BCUT2D eigenvalue weighted by atomic mass is 16.2. The normalized spacial score (nSPS) is 15.7. The van der Waals surface area contributed by atoms with Crippen molar-refractivity contribution in [3.05, 3.63) is 60.2 Å². The van der Waals surface area contributed by atoms with E-state index in [1.54, 1.807) is 12.1 Å². The van der Waals surface area contributed by atoms with Crippen molar-refractivity contribution in [2.24, 2.45) is 5.92 Å². The lowest BCUT2D eigenvalue weighted by molar-refractivity contribution is -0.123. The molecule has 1 fully saturated rings. The van der Waals surface area contributed by atoms with E-state index in [9.17, 15) is 9.59 Å². The average molecular weight is 391 g/mol. The van der Waals surface area contributed by atoms with Crippen LogP contribution in [0.2, 0.25) is 0 Å². The molecule has 0 spiro atoms. The zero-order chi connectivity index (χ0) is 20.1.